The predicted octanol–water partition coefficient (Wildman–Crippen LogP) is 2.49. The van der Waals surface area contributed by atoms with Crippen LogP contribution in [0, 0.1) is 0 Å². The van der Waals surface area contributed by atoms with E-state index < -0.39 is 10.0 Å². The van der Waals surface area contributed by atoms with Gasteiger partial charge < -0.3 is 9.64 Å². The lowest BCUT2D eigenvalue weighted by atomic mass is 10.3. The van der Waals surface area contributed by atoms with Crippen molar-refractivity contribution >= 4 is 10.0 Å². The molecule has 0 aliphatic heterocycles. The molecule has 0 fully saturated rings. The van der Waals surface area contributed by atoms with Crippen LogP contribution in [0.3, 0.4) is 0 Å². The van der Waals surface area contributed by atoms with Crippen LogP contribution in [0.4, 0.5) is 0 Å². The number of hydrogen-bond donors (Lipinski definition) is 1. The third-order valence-electron chi connectivity index (χ3n) is 3.52. The first kappa shape index (κ1) is 18.9. The highest BCUT2D eigenvalue weighted by atomic mass is 32.2. The summed E-state index contributed by atoms with van der Waals surface area (Å²) in [4.78, 5) is 2.45. The van der Waals surface area contributed by atoms with Crippen LogP contribution in [0.25, 0.3) is 0 Å². The maximum Gasteiger partial charge on any atom is 0.240 e. The van der Waals surface area contributed by atoms with Gasteiger partial charge in [-0.3, -0.25) is 0 Å². The largest absolute Gasteiger partial charge is 0.494 e. The van der Waals surface area contributed by atoms with Crippen LogP contribution in [0.15, 0.2) is 29.2 Å². The summed E-state index contributed by atoms with van der Waals surface area (Å²) >= 11 is 0. The van der Waals surface area contributed by atoms with Crippen molar-refractivity contribution in [1.29, 1.82) is 0 Å². The van der Waals surface area contributed by atoms with Crippen molar-refractivity contribution in [3.63, 3.8) is 0 Å². The standard InChI is InChI=1S/C16H28N2O3S/c1-4-7-14-21-15-8-10-16(11-9-15)22(19,20)17-12-13-18(5-2)6-3/h8-11,17H,4-7,12-14H2,1-3H3. The van der Waals surface area contributed by atoms with Crippen molar-refractivity contribution in [1.82, 2.24) is 9.62 Å². The maximum absolute atomic E-state index is 12.2. The van der Waals surface area contributed by atoms with Gasteiger partial charge in [-0.15, -0.1) is 0 Å². The summed E-state index contributed by atoms with van der Waals surface area (Å²) in [5, 5.41) is 0. The Morgan fingerprint density at radius 2 is 1.73 bits per heavy atom. The highest BCUT2D eigenvalue weighted by Gasteiger charge is 2.13. The van der Waals surface area contributed by atoms with Crippen molar-refractivity contribution in [2.24, 2.45) is 0 Å². The summed E-state index contributed by atoms with van der Waals surface area (Å²) in [7, 11) is -3.45. The molecular weight excluding hydrogens is 300 g/mol. The number of benzene rings is 1. The molecule has 1 aromatic rings. The van der Waals surface area contributed by atoms with Crippen LogP contribution in [0.2, 0.25) is 0 Å². The molecule has 0 radical (unpaired) electrons. The van der Waals surface area contributed by atoms with E-state index in [2.05, 4.69) is 30.4 Å². The van der Waals surface area contributed by atoms with Crippen LogP contribution in [0.5, 0.6) is 5.75 Å². The van der Waals surface area contributed by atoms with Crippen LogP contribution >= 0.6 is 0 Å². The Kier molecular flexibility index (Phi) is 8.45. The average Bonchev–Trinajstić information content (AvgIpc) is 2.52. The molecule has 0 atom stereocenters. The normalized spacial score (nSPS) is 11.8. The van der Waals surface area contributed by atoms with Crippen molar-refractivity contribution in [3.8, 4) is 5.75 Å². The van der Waals surface area contributed by atoms with Gasteiger partial charge in [0, 0.05) is 13.1 Å². The average molecular weight is 328 g/mol. The van der Waals surface area contributed by atoms with Gasteiger partial charge in [0.05, 0.1) is 11.5 Å². The van der Waals surface area contributed by atoms with Crippen molar-refractivity contribution in [2.75, 3.05) is 32.8 Å². The molecule has 5 nitrogen and oxygen atoms in total. The zero-order valence-electron chi connectivity index (χ0n) is 13.8. The lowest BCUT2D eigenvalue weighted by Crippen LogP contribution is -2.34. The molecule has 1 rings (SSSR count). The van der Waals surface area contributed by atoms with Crippen LogP contribution in [-0.4, -0.2) is 46.1 Å². The van der Waals surface area contributed by atoms with Crippen LogP contribution in [0.1, 0.15) is 33.6 Å². The molecule has 0 amide bonds. The minimum absolute atomic E-state index is 0.273. The lowest BCUT2D eigenvalue weighted by molar-refractivity contribution is 0.308. The number of unbranched alkanes of at least 4 members (excludes halogenated alkanes) is 1. The molecule has 0 aliphatic carbocycles. The Morgan fingerprint density at radius 3 is 2.27 bits per heavy atom. The quantitative estimate of drug-likeness (QED) is 0.634. The van der Waals surface area contributed by atoms with Crippen molar-refractivity contribution < 1.29 is 13.2 Å². The SMILES string of the molecule is CCCCOc1ccc(S(=O)(=O)NCCN(CC)CC)cc1. The number of rotatable bonds is 11. The van der Waals surface area contributed by atoms with Crippen LogP contribution < -0.4 is 9.46 Å². The highest BCUT2D eigenvalue weighted by Crippen LogP contribution is 2.16. The van der Waals surface area contributed by atoms with E-state index in [9.17, 15) is 8.42 Å². The van der Waals surface area contributed by atoms with E-state index in [1.54, 1.807) is 24.3 Å². The minimum atomic E-state index is -3.45. The Hall–Kier alpha value is -1.11. The Morgan fingerprint density at radius 1 is 1.09 bits per heavy atom. The predicted molar refractivity (Wildman–Crippen MR) is 89.8 cm³/mol. The Balaban J connectivity index is 2.54. The van der Waals surface area contributed by atoms with Crippen LogP contribution in [-0.2, 0) is 10.0 Å². The minimum Gasteiger partial charge on any atom is -0.494 e. The molecule has 126 valence electrons. The summed E-state index contributed by atoms with van der Waals surface area (Å²) in [6, 6.07) is 6.57. The van der Waals surface area contributed by atoms with Crippen molar-refractivity contribution in [2.45, 2.75) is 38.5 Å². The van der Waals surface area contributed by atoms with Gasteiger partial charge in [-0.25, -0.2) is 13.1 Å². The molecule has 0 heterocycles. The second kappa shape index (κ2) is 9.82. The lowest BCUT2D eigenvalue weighted by Gasteiger charge is -2.18. The second-order valence-electron chi connectivity index (χ2n) is 5.10. The molecule has 1 aromatic carbocycles. The molecule has 22 heavy (non-hydrogen) atoms. The van der Waals surface area contributed by atoms with E-state index in [0.29, 0.717) is 25.4 Å². The van der Waals surface area contributed by atoms with Gasteiger partial charge in [0.15, 0.2) is 0 Å². The summed E-state index contributed by atoms with van der Waals surface area (Å²) in [6.45, 7) is 9.85. The topological polar surface area (TPSA) is 58.6 Å². The van der Waals surface area contributed by atoms with Gasteiger partial charge in [-0.1, -0.05) is 27.2 Å². The molecule has 0 unspecified atom stereocenters. The second-order valence-corrected chi connectivity index (χ2v) is 6.87. The van der Waals surface area contributed by atoms with E-state index in [1.165, 1.54) is 0 Å². The zero-order valence-corrected chi connectivity index (χ0v) is 14.7. The summed E-state index contributed by atoms with van der Waals surface area (Å²) in [5.74, 6) is 0.704. The highest BCUT2D eigenvalue weighted by molar-refractivity contribution is 7.89. The van der Waals surface area contributed by atoms with E-state index >= 15 is 0 Å². The third kappa shape index (κ3) is 6.34. The fourth-order valence-electron chi connectivity index (χ4n) is 2.01. The summed E-state index contributed by atoms with van der Waals surface area (Å²) in [5.41, 5.74) is 0. The van der Waals surface area contributed by atoms with Gasteiger partial charge in [0.25, 0.3) is 0 Å². The summed E-state index contributed by atoms with van der Waals surface area (Å²) < 4.78 is 32.6. The van der Waals surface area contributed by atoms with Gasteiger partial charge in [-0.05, 0) is 43.8 Å². The monoisotopic (exact) mass is 328 g/mol. The van der Waals surface area contributed by atoms with E-state index in [-0.39, 0.29) is 4.90 Å². The number of nitrogens with one attached hydrogen (secondary N) is 1. The number of hydrogen-bond acceptors (Lipinski definition) is 4. The molecule has 6 heteroatoms. The first-order chi connectivity index (χ1) is 10.5. The fraction of sp³-hybridized carbons (Fsp3) is 0.625. The Bertz CT molecular complexity index is 511. The summed E-state index contributed by atoms with van der Waals surface area (Å²) in [6.07, 6.45) is 2.07. The number of nitrogens with zero attached hydrogens (tertiary/aromatic N) is 1. The van der Waals surface area contributed by atoms with E-state index in [0.717, 1.165) is 25.9 Å². The molecule has 0 aliphatic rings. The first-order valence-corrected chi connectivity index (χ1v) is 9.46. The number of likely N-dealkylation sites (N-methyl/N-ethyl adjacent to an activating group) is 1. The molecule has 1 N–H and O–H groups in total. The molecule has 0 saturated carbocycles. The first-order valence-electron chi connectivity index (χ1n) is 7.98. The van der Waals surface area contributed by atoms with E-state index in [4.69, 9.17) is 4.74 Å². The van der Waals surface area contributed by atoms with Gasteiger partial charge in [0.2, 0.25) is 10.0 Å². The molecule has 0 saturated heterocycles. The Labute approximate surface area is 134 Å². The number of sulfonamides is 1. The molecule has 0 aromatic heterocycles. The molecule has 0 bridgehead atoms. The van der Waals surface area contributed by atoms with Gasteiger partial charge >= 0.3 is 0 Å². The van der Waals surface area contributed by atoms with Crippen molar-refractivity contribution in [3.05, 3.63) is 24.3 Å². The smallest absolute Gasteiger partial charge is 0.240 e. The number of ether oxygens (including phenoxy) is 1. The molecular formula is C16H28N2O3S. The van der Waals surface area contributed by atoms with Gasteiger partial charge in [0.1, 0.15) is 5.75 Å². The van der Waals surface area contributed by atoms with E-state index in [1.807, 2.05) is 0 Å². The maximum atomic E-state index is 12.2. The fourth-order valence-corrected chi connectivity index (χ4v) is 3.03. The van der Waals surface area contributed by atoms with Gasteiger partial charge in [-0.2, -0.15) is 0 Å². The molecule has 0 spiro atoms. The third-order valence-corrected chi connectivity index (χ3v) is 4.99. The zero-order chi connectivity index (χ0) is 16.4.